The van der Waals surface area contributed by atoms with Crippen LogP contribution in [-0.2, 0) is 19.2 Å². The van der Waals surface area contributed by atoms with Gasteiger partial charge in [0.1, 0.15) is 0 Å². The lowest BCUT2D eigenvalue weighted by molar-refractivity contribution is -0.298. The molecule has 0 aliphatic carbocycles. The number of carbonyl (C=O) groups is 4. The first-order valence-electron chi connectivity index (χ1n) is 8.51. The number of aliphatic carboxylic acids is 4. The first kappa shape index (κ1) is 33.2. The van der Waals surface area contributed by atoms with Gasteiger partial charge < -0.3 is 46.6 Å². The van der Waals surface area contributed by atoms with E-state index in [0.717, 1.165) is 9.80 Å². The van der Waals surface area contributed by atoms with Gasteiger partial charge in [-0.1, -0.05) is 14.4 Å². The molecule has 1 unspecified atom stereocenters. The van der Waals surface area contributed by atoms with Crippen LogP contribution in [0.4, 0.5) is 0 Å². The summed E-state index contributed by atoms with van der Waals surface area (Å²) in [5.41, 5.74) is 5.13. The van der Waals surface area contributed by atoms with E-state index in [2.05, 4.69) is 0 Å². The van der Waals surface area contributed by atoms with Gasteiger partial charge in [-0.25, -0.2) is 0 Å². The highest BCUT2D eigenvalue weighted by Crippen LogP contribution is 2.10. The van der Waals surface area contributed by atoms with E-state index in [1.165, 1.54) is 0 Å². The molecule has 0 spiro atoms. The SMILES string of the molecule is C.CCC(N)C(O)(O)C(O)O.O=C(O)CN(CCN(CC(=O)O)CC(=O)O)CC(=O)O. The van der Waals surface area contributed by atoms with Gasteiger partial charge >= 0.3 is 23.9 Å². The summed E-state index contributed by atoms with van der Waals surface area (Å²) in [5, 5.41) is 68.8. The van der Waals surface area contributed by atoms with Gasteiger partial charge in [0, 0.05) is 13.1 Å². The van der Waals surface area contributed by atoms with Crippen LogP contribution in [0.2, 0.25) is 0 Å². The smallest absolute Gasteiger partial charge is 0.317 e. The lowest BCUT2D eigenvalue weighted by Gasteiger charge is -2.28. The van der Waals surface area contributed by atoms with Crippen LogP contribution >= 0.6 is 0 Å². The lowest BCUT2D eigenvalue weighted by atomic mass is 10.1. The van der Waals surface area contributed by atoms with E-state index in [9.17, 15) is 19.2 Å². The van der Waals surface area contributed by atoms with Gasteiger partial charge in [-0.05, 0) is 6.42 Å². The van der Waals surface area contributed by atoms with Crippen molar-refractivity contribution in [2.75, 3.05) is 39.3 Å². The highest BCUT2D eigenvalue weighted by Gasteiger charge is 2.37. The molecule has 0 aromatic heterocycles. The molecule has 0 saturated carbocycles. The van der Waals surface area contributed by atoms with Gasteiger partial charge in [-0.2, -0.15) is 0 Å². The molecule has 31 heavy (non-hydrogen) atoms. The van der Waals surface area contributed by atoms with Crippen LogP contribution in [0.1, 0.15) is 20.8 Å². The molecule has 15 heteroatoms. The Balaban J connectivity index is -0.000000604. The second kappa shape index (κ2) is 16.3. The molecular formula is C16H33N3O12. The van der Waals surface area contributed by atoms with Crippen LogP contribution in [0, 0.1) is 0 Å². The van der Waals surface area contributed by atoms with Crippen molar-refractivity contribution in [1.82, 2.24) is 9.80 Å². The van der Waals surface area contributed by atoms with Crippen molar-refractivity contribution in [2.24, 2.45) is 5.73 Å². The van der Waals surface area contributed by atoms with Crippen LogP contribution in [0.3, 0.4) is 0 Å². The second-order valence-electron chi connectivity index (χ2n) is 6.17. The number of hydrogen-bond donors (Lipinski definition) is 9. The fourth-order valence-electron chi connectivity index (χ4n) is 1.97. The van der Waals surface area contributed by atoms with E-state index in [-0.39, 0.29) is 26.9 Å². The monoisotopic (exact) mass is 459 g/mol. The summed E-state index contributed by atoms with van der Waals surface area (Å²) in [5.74, 6) is -7.51. The van der Waals surface area contributed by atoms with Crippen molar-refractivity contribution in [1.29, 1.82) is 0 Å². The van der Waals surface area contributed by atoms with Crippen LogP contribution in [-0.4, -0.2) is 132 Å². The van der Waals surface area contributed by atoms with Crippen molar-refractivity contribution >= 4 is 23.9 Å². The summed E-state index contributed by atoms with van der Waals surface area (Å²) in [4.78, 5) is 44.4. The molecule has 0 aromatic carbocycles. The molecule has 0 radical (unpaired) electrons. The Bertz CT molecular complexity index is 502. The van der Waals surface area contributed by atoms with Crippen molar-refractivity contribution < 1.29 is 60.0 Å². The standard InChI is InChI=1S/C10H16N2O8.C5H13NO4.CH4/c13-7(14)3-11(4-8(15)16)1-2-12(5-9(17)18)6-10(19)20;1-2-3(6)5(9,10)4(7)8;/h1-6H2,(H,13,14)(H,15,16)(H,17,18)(H,19,20);3-4,7-10H,2,6H2,1H3;1H4. The number of nitrogens with two attached hydrogens (primary N) is 1. The number of carboxylic acids is 4. The van der Waals surface area contributed by atoms with E-state index < -0.39 is 68.2 Å². The summed E-state index contributed by atoms with van der Waals surface area (Å²) < 4.78 is 0. The summed E-state index contributed by atoms with van der Waals surface area (Å²) >= 11 is 0. The normalized spacial score (nSPS) is 12.0. The van der Waals surface area contributed by atoms with Crippen molar-refractivity contribution in [3.05, 3.63) is 0 Å². The molecule has 0 heterocycles. The molecule has 0 aliphatic heterocycles. The van der Waals surface area contributed by atoms with Gasteiger partial charge in [0.25, 0.3) is 0 Å². The maximum absolute atomic E-state index is 10.6. The topological polar surface area (TPSA) is 263 Å². The Kier molecular flexibility index (Phi) is 17.5. The third-order valence-corrected chi connectivity index (χ3v) is 3.53. The minimum absolute atomic E-state index is 0. The first-order chi connectivity index (χ1) is 13.6. The molecule has 0 saturated heterocycles. The largest absolute Gasteiger partial charge is 0.480 e. The van der Waals surface area contributed by atoms with Crippen LogP contribution < -0.4 is 5.73 Å². The summed E-state index contributed by atoms with van der Waals surface area (Å²) in [6, 6.07) is -1.05. The Labute approximate surface area is 178 Å². The molecule has 0 rings (SSSR count). The summed E-state index contributed by atoms with van der Waals surface area (Å²) in [6.45, 7) is -0.645. The van der Waals surface area contributed by atoms with Crippen LogP contribution in [0.5, 0.6) is 0 Å². The average Bonchev–Trinajstić information content (AvgIpc) is 2.57. The fourth-order valence-corrected chi connectivity index (χ4v) is 1.97. The number of rotatable bonds is 14. The molecule has 1 atom stereocenters. The van der Waals surface area contributed by atoms with Gasteiger partial charge in [-0.3, -0.25) is 29.0 Å². The number of aliphatic hydroxyl groups excluding tert-OH is 1. The van der Waals surface area contributed by atoms with Crippen molar-refractivity contribution in [2.45, 2.75) is 38.9 Å². The predicted octanol–water partition coefficient (Wildman–Crippen LogP) is -3.72. The molecule has 10 N–H and O–H groups in total. The quantitative estimate of drug-likeness (QED) is 0.113. The average molecular weight is 459 g/mol. The third-order valence-electron chi connectivity index (χ3n) is 3.53. The van der Waals surface area contributed by atoms with Gasteiger partial charge in [0.05, 0.1) is 32.2 Å². The molecule has 15 nitrogen and oxygen atoms in total. The highest BCUT2D eigenvalue weighted by molar-refractivity contribution is 5.73. The number of aliphatic hydroxyl groups is 4. The molecular weight excluding hydrogens is 426 g/mol. The lowest BCUT2D eigenvalue weighted by Crippen LogP contribution is -2.55. The molecule has 0 aromatic rings. The zero-order valence-corrected chi connectivity index (χ0v) is 16.3. The molecule has 0 amide bonds. The molecule has 0 bridgehead atoms. The van der Waals surface area contributed by atoms with E-state index in [0.29, 0.717) is 0 Å². The van der Waals surface area contributed by atoms with Crippen molar-refractivity contribution in [3.8, 4) is 0 Å². The zero-order chi connectivity index (χ0) is 24.1. The number of hydrogen-bond acceptors (Lipinski definition) is 11. The van der Waals surface area contributed by atoms with E-state index in [1.54, 1.807) is 6.92 Å². The summed E-state index contributed by atoms with van der Waals surface area (Å²) in [6.07, 6.45) is -1.97. The van der Waals surface area contributed by atoms with Gasteiger partial charge in [0.2, 0.25) is 12.1 Å². The predicted molar refractivity (Wildman–Crippen MR) is 104 cm³/mol. The second-order valence-corrected chi connectivity index (χ2v) is 6.17. The molecule has 0 fully saturated rings. The maximum Gasteiger partial charge on any atom is 0.317 e. The Morgan fingerprint density at radius 1 is 0.774 bits per heavy atom. The van der Waals surface area contributed by atoms with E-state index >= 15 is 0 Å². The minimum Gasteiger partial charge on any atom is -0.480 e. The first-order valence-corrected chi connectivity index (χ1v) is 8.51. The minimum atomic E-state index is -2.60. The van der Waals surface area contributed by atoms with Gasteiger partial charge in [-0.15, -0.1) is 0 Å². The van der Waals surface area contributed by atoms with E-state index in [4.69, 9.17) is 46.6 Å². The Morgan fingerprint density at radius 2 is 1.03 bits per heavy atom. The number of nitrogens with zero attached hydrogens (tertiary/aromatic N) is 2. The van der Waals surface area contributed by atoms with Crippen LogP contribution in [0.15, 0.2) is 0 Å². The zero-order valence-electron chi connectivity index (χ0n) is 16.3. The Hall–Kier alpha value is -2.40. The fraction of sp³-hybridized carbons (Fsp3) is 0.750. The summed E-state index contributed by atoms with van der Waals surface area (Å²) in [7, 11) is 0. The maximum atomic E-state index is 10.6. The van der Waals surface area contributed by atoms with E-state index in [1.807, 2.05) is 0 Å². The number of carboxylic acid groups (broad SMARTS) is 4. The third kappa shape index (κ3) is 17.0. The molecule has 0 aliphatic rings. The Morgan fingerprint density at radius 3 is 1.16 bits per heavy atom. The van der Waals surface area contributed by atoms with Crippen LogP contribution in [0.25, 0.3) is 0 Å². The molecule has 184 valence electrons. The highest BCUT2D eigenvalue weighted by atomic mass is 16.6. The van der Waals surface area contributed by atoms with Crippen molar-refractivity contribution in [3.63, 3.8) is 0 Å². The van der Waals surface area contributed by atoms with Gasteiger partial charge in [0.15, 0.2) is 0 Å².